The Morgan fingerprint density at radius 2 is 1.60 bits per heavy atom. The second-order valence-electron chi connectivity index (χ2n) is 3.62. The predicted molar refractivity (Wildman–Crippen MR) is 64.8 cm³/mol. The Morgan fingerprint density at radius 1 is 0.933 bits per heavy atom. The van der Waals surface area contributed by atoms with Crippen LogP contribution in [-0.4, -0.2) is 32.8 Å². The van der Waals surface area contributed by atoms with Crippen LogP contribution in [0.15, 0.2) is 9.98 Å². The molecular formula is C12H24N2O. The van der Waals surface area contributed by atoms with Crippen LogP contribution in [0.4, 0.5) is 0 Å². The van der Waals surface area contributed by atoms with E-state index in [0.29, 0.717) is 0 Å². The molecule has 0 saturated heterocycles. The number of hydrogen-bond donors (Lipinski definition) is 0. The van der Waals surface area contributed by atoms with E-state index in [1.807, 2.05) is 0 Å². The van der Waals surface area contributed by atoms with Crippen LogP contribution < -0.4 is 0 Å². The lowest BCUT2D eigenvalue weighted by molar-refractivity contribution is 0.192. The molecule has 15 heavy (non-hydrogen) atoms. The second-order valence-corrected chi connectivity index (χ2v) is 3.62. The fraction of sp³-hybridized carbons (Fsp3) is 0.917. The van der Waals surface area contributed by atoms with Crippen molar-refractivity contribution in [2.75, 3.05) is 26.8 Å². The summed E-state index contributed by atoms with van der Waals surface area (Å²) in [4.78, 5) is 8.18. The van der Waals surface area contributed by atoms with E-state index in [-0.39, 0.29) is 0 Å². The fourth-order valence-corrected chi connectivity index (χ4v) is 1.18. The summed E-state index contributed by atoms with van der Waals surface area (Å²) in [5.41, 5.74) is 0. The molecule has 0 aromatic rings. The van der Waals surface area contributed by atoms with E-state index in [2.05, 4.69) is 22.9 Å². The Kier molecular flexibility index (Phi) is 12.8. The zero-order valence-electron chi connectivity index (χ0n) is 10.2. The zero-order chi connectivity index (χ0) is 11.2. The average Bonchev–Trinajstić information content (AvgIpc) is 2.26. The maximum atomic E-state index is 4.97. The fourth-order valence-electron chi connectivity index (χ4n) is 1.18. The Morgan fingerprint density at radius 3 is 2.27 bits per heavy atom. The van der Waals surface area contributed by atoms with Crippen LogP contribution in [0.5, 0.6) is 0 Å². The van der Waals surface area contributed by atoms with Crippen molar-refractivity contribution in [2.45, 2.75) is 45.4 Å². The van der Waals surface area contributed by atoms with Crippen molar-refractivity contribution in [1.82, 2.24) is 0 Å². The lowest BCUT2D eigenvalue weighted by Gasteiger charge is -1.97. The Bertz CT molecular complexity index is 174. The van der Waals surface area contributed by atoms with Crippen LogP contribution >= 0.6 is 0 Å². The molecule has 0 saturated carbocycles. The summed E-state index contributed by atoms with van der Waals surface area (Å²) in [6, 6.07) is 2.75. The lowest BCUT2D eigenvalue weighted by atomic mass is 10.2. The molecule has 0 amide bonds. The zero-order valence-corrected chi connectivity index (χ0v) is 10.2. The van der Waals surface area contributed by atoms with Gasteiger partial charge in [-0.1, -0.05) is 26.2 Å². The van der Waals surface area contributed by atoms with Gasteiger partial charge in [0.05, 0.1) is 6.01 Å². The van der Waals surface area contributed by atoms with E-state index in [9.17, 15) is 0 Å². The van der Waals surface area contributed by atoms with Gasteiger partial charge in [-0.2, -0.15) is 0 Å². The van der Waals surface area contributed by atoms with Gasteiger partial charge in [-0.3, -0.25) is 0 Å². The first-order chi connectivity index (χ1) is 7.41. The van der Waals surface area contributed by atoms with Crippen molar-refractivity contribution in [2.24, 2.45) is 9.98 Å². The van der Waals surface area contributed by atoms with Crippen molar-refractivity contribution in [3.63, 3.8) is 0 Å². The van der Waals surface area contributed by atoms with Gasteiger partial charge in [-0.25, -0.2) is 9.98 Å². The van der Waals surface area contributed by atoms with Gasteiger partial charge < -0.3 is 4.74 Å². The summed E-state index contributed by atoms with van der Waals surface area (Å²) in [6.07, 6.45) is 7.08. The third kappa shape index (κ3) is 13.3. The van der Waals surface area contributed by atoms with Gasteiger partial charge in [0, 0.05) is 26.8 Å². The van der Waals surface area contributed by atoms with Gasteiger partial charge in [0.25, 0.3) is 0 Å². The van der Waals surface area contributed by atoms with Crippen molar-refractivity contribution in [3.8, 4) is 0 Å². The SMILES string of the molecule is CCCCN=C=NCCCCCCOC. The number of aliphatic imine (C=N–C) groups is 2. The molecule has 0 bridgehead atoms. The minimum atomic E-state index is 0.864. The highest BCUT2D eigenvalue weighted by Gasteiger charge is 1.87. The van der Waals surface area contributed by atoms with Crippen molar-refractivity contribution in [1.29, 1.82) is 0 Å². The molecule has 0 aromatic carbocycles. The highest BCUT2D eigenvalue weighted by atomic mass is 16.5. The molecule has 0 radical (unpaired) electrons. The molecular weight excluding hydrogens is 188 g/mol. The van der Waals surface area contributed by atoms with Gasteiger partial charge in [0.2, 0.25) is 0 Å². The third-order valence-electron chi connectivity index (χ3n) is 2.13. The van der Waals surface area contributed by atoms with Crippen LogP contribution in [0, 0.1) is 0 Å². The van der Waals surface area contributed by atoms with Gasteiger partial charge in [0.1, 0.15) is 0 Å². The Labute approximate surface area is 93.7 Å². The topological polar surface area (TPSA) is 34.0 Å². The maximum absolute atomic E-state index is 4.97. The molecule has 0 spiro atoms. The van der Waals surface area contributed by atoms with E-state index in [0.717, 1.165) is 39.0 Å². The smallest absolute Gasteiger partial charge is 0.0892 e. The molecule has 0 N–H and O–H groups in total. The standard InChI is InChI=1S/C12H24N2O/c1-3-4-9-13-12-14-10-7-5-6-8-11-15-2/h3-11H2,1-2H3. The molecule has 3 nitrogen and oxygen atoms in total. The minimum Gasteiger partial charge on any atom is -0.385 e. The van der Waals surface area contributed by atoms with Crippen molar-refractivity contribution < 1.29 is 4.74 Å². The van der Waals surface area contributed by atoms with Gasteiger partial charge in [-0.15, -0.1) is 0 Å². The first kappa shape index (κ1) is 14.3. The van der Waals surface area contributed by atoms with Crippen LogP contribution in [0.2, 0.25) is 0 Å². The van der Waals surface area contributed by atoms with Gasteiger partial charge in [0.15, 0.2) is 0 Å². The lowest BCUT2D eigenvalue weighted by Crippen LogP contribution is -1.89. The van der Waals surface area contributed by atoms with Crippen molar-refractivity contribution >= 4 is 6.01 Å². The summed E-state index contributed by atoms with van der Waals surface area (Å²) in [6.45, 7) is 4.77. The molecule has 0 rings (SSSR count). The molecule has 0 aliphatic rings. The molecule has 0 heterocycles. The molecule has 0 atom stereocenters. The highest BCUT2D eigenvalue weighted by Crippen LogP contribution is 1.99. The number of rotatable bonds is 10. The number of nitrogens with zero attached hydrogens (tertiary/aromatic N) is 2. The largest absolute Gasteiger partial charge is 0.385 e. The number of hydrogen-bond acceptors (Lipinski definition) is 3. The minimum absolute atomic E-state index is 0.864. The molecule has 0 fully saturated rings. The summed E-state index contributed by atoms with van der Waals surface area (Å²) >= 11 is 0. The number of unbranched alkanes of at least 4 members (excludes halogenated alkanes) is 4. The summed E-state index contributed by atoms with van der Waals surface area (Å²) in [7, 11) is 1.75. The van der Waals surface area contributed by atoms with Crippen LogP contribution in [0.25, 0.3) is 0 Å². The van der Waals surface area contributed by atoms with Crippen molar-refractivity contribution in [3.05, 3.63) is 0 Å². The first-order valence-electron chi connectivity index (χ1n) is 5.98. The van der Waals surface area contributed by atoms with E-state index < -0.39 is 0 Å². The molecule has 0 unspecified atom stereocenters. The quantitative estimate of drug-likeness (QED) is 0.404. The van der Waals surface area contributed by atoms with E-state index in [1.54, 1.807) is 7.11 Å². The molecule has 0 aromatic heterocycles. The second kappa shape index (κ2) is 13.3. The van der Waals surface area contributed by atoms with Gasteiger partial charge in [-0.05, 0) is 19.3 Å². The number of ether oxygens (including phenoxy) is 1. The Balaban J connectivity index is 3.12. The molecule has 0 aliphatic carbocycles. The maximum Gasteiger partial charge on any atom is 0.0892 e. The summed E-state index contributed by atoms with van der Waals surface area (Å²) in [5, 5.41) is 0. The van der Waals surface area contributed by atoms with E-state index in [1.165, 1.54) is 19.3 Å². The van der Waals surface area contributed by atoms with Crippen LogP contribution in [-0.2, 0) is 4.74 Å². The highest BCUT2D eigenvalue weighted by molar-refractivity contribution is 5.40. The van der Waals surface area contributed by atoms with Gasteiger partial charge >= 0.3 is 0 Å². The monoisotopic (exact) mass is 212 g/mol. The molecule has 88 valence electrons. The molecule has 3 heteroatoms. The Hall–Kier alpha value is -0.660. The first-order valence-corrected chi connectivity index (χ1v) is 5.98. The predicted octanol–water partition coefficient (Wildman–Crippen LogP) is 3.17. The average molecular weight is 212 g/mol. The van der Waals surface area contributed by atoms with Crippen LogP contribution in [0.3, 0.4) is 0 Å². The van der Waals surface area contributed by atoms with E-state index in [4.69, 9.17) is 4.74 Å². The normalized spacial score (nSPS) is 9.73. The third-order valence-corrected chi connectivity index (χ3v) is 2.13. The summed E-state index contributed by atoms with van der Waals surface area (Å²) < 4.78 is 4.97. The van der Waals surface area contributed by atoms with Crippen LogP contribution in [0.1, 0.15) is 45.4 Å². The molecule has 0 aliphatic heterocycles. The van der Waals surface area contributed by atoms with E-state index >= 15 is 0 Å². The number of methoxy groups -OCH3 is 1. The summed E-state index contributed by atoms with van der Waals surface area (Å²) in [5.74, 6) is 0.